The third kappa shape index (κ3) is 4.90. The first-order valence-electron chi connectivity index (χ1n) is 11.1. The fourth-order valence-corrected chi connectivity index (χ4v) is 5.07. The number of halogens is 1. The van der Waals surface area contributed by atoms with Crippen LogP contribution < -0.4 is 10.9 Å². The predicted octanol–water partition coefficient (Wildman–Crippen LogP) is 3.99. The molecule has 34 heavy (non-hydrogen) atoms. The molecular weight excluding hydrogens is 470 g/mol. The van der Waals surface area contributed by atoms with E-state index < -0.39 is 0 Å². The predicted molar refractivity (Wildman–Crippen MR) is 137 cm³/mol. The Kier molecular flexibility index (Phi) is 6.73. The van der Waals surface area contributed by atoms with Crippen LogP contribution in [0.3, 0.4) is 0 Å². The number of amides is 1. The van der Waals surface area contributed by atoms with Gasteiger partial charge >= 0.3 is 0 Å². The van der Waals surface area contributed by atoms with Crippen LogP contribution in [-0.2, 0) is 11.5 Å². The summed E-state index contributed by atoms with van der Waals surface area (Å²) >= 11 is 7.75. The molecule has 1 aliphatic rings. The van der Waals surface area contributed by atoms with Crippen LogP contribution in [0, 0.1) is 0 Å². The summed E-state index contributed by atoms with van der Waals surface area (Å²) in [6.45, 7) is 3.67. The normalized spacial score (nSPS) is 15.0. The highest BCUT2D eigenvalue weighted by molar-refractivity contribution is 7.13. The van der Waals surface area contributed by atoms with Crippen molar-refractivity contribution in [2.45, 2.75) is 6.67 Å². The monoisotopic (exact) mass is 493 g/mol. The third-order valence-electron chi connectivity index (χ3n) is 5.94. The van der Waals surface area contributed by atoms with E-state index in [0.29, 0.717) is 29.3 Å². The standard InChI is InChI=1S/C25H24ClN5O2S/c26-20-8-3-4-9-21(20)27-23(32)16-29-11-13-30(14-12-29)17-31-25(33)19-7-2-1-6-18(19)24(28-31)22-10-5-15-34-22/h1-10,15H,11-14,16-17H2,(H,27,32). The molecule has 1 N–H and O–H groups in total. The highest BCUT2D eigenvalue weighted by Gasteiger charge is 2.21. The summed E-state index contributed by atoms with van der Waals surface area (Å²) in [7, 11) is 0. The van der Waals surface area contributed by atoms with Crippen LogP contribution >= 0.6 is 22.9 Å². The number of rotatable bonds is 6. The largest absolute Gasteiger partial charge is 0.324 e. The van der Waals surface area contributed by atoms with Gasteiger partial charge in [0.15, 0.2) is 0 Å². The number of hydrogen-bond donors (Lipinski definition) is 1. The average molecular weight is 494 g/mol. The highest BCUT2D eigenvalue weighted by atomic mass is 35.5. The summed E-state index contributed by atoms with van der Waals surface area (Å²) < 4.78 is 1.57. The second-order valence-corrected chi connectivity index (χ2v) is 9.59. The van der Waals surface area contributed by atoms with Gasteiger partial charge in [0.1, 0.15) is 5.69 Å². The molecule has 4 aromatic rings. The van der Waals surface area contributed by atoms with Crippen molar-refractivity contribution in [1.82, 2.24) is 19.6 Å². The third-order valence-corrected chi connectivity index (χ3v) is 7.14. The maximum absolute atomic E-state index is 13.1. The van der Waals surface area contributed by atoms with Gasteiger partial charge in [-0.1, -0.05) is 48.0 Å². The Hall–Kier alpha value is -3.04. The minimum atomic E-state index is -0.0884. The molecular formula is C25H24ClN5O2S. The molecule has 1 aliphatic heterocycles. The topological polar surface area (TPSA) is 70.5 Å². The molecule has 0 bridgehead atoms. The summed E-state index contributed by atoms with van der Waals surface area (Å²) in [5.74, 6) is -0.0884. The molecule has 3 heterocycles. The smallest absolute Gasteiger partial charge is 0.275 e. The molecule has 174 valence electrons. The molecule has 0 atom stereocenters. The van der Waals surface area contributed by atoms with Crippen molar-refractivity contribution in [3.8, 4) is 10.6 Å². The van der Waals surface area contributed by atoms with Crippen LogP contribution in [0.4, 0.5) is 5.69 Å². The molecule has 2 aromatic carbocycles. The van der Waals surface area contributed by atoms with E-state index in [1.165, 1.54) is 0 Å². The Morgan fingerprint density at radius 1 is 0.941 bits per heavy atom. The lowest BCUT2D eigenvalue weighted by Gasteiger charge is -2.34. The molecule has 1 amide bonds. The van der Waals surface area contributed by atoms with Crippen LogP contribution in [0.1, 0.15) is 0 Å². The molecule has 0 saturated carbocycles. The van der Waals surface area contributed by atoms with Gasteiger partial charge in [0.05, 0.1) is 34.2 Å². The number of fused-ring (bicyclic) bond motifs is 1. The summed E-state index contributed by atoms with van der Waals surface area (Å²) in [5.41, 5.74) is 1.37. The second-order valence-electron chi connectivity index (χ2n) is 8.24. The number of anilines is 1. The Balaban J connectivity index is 1.25. The number of piperazine rings is 1. The zero-order valence-corrected chi connectivity index (χ0v) is 20.1. The van der Waals surface area contributed by atoms with Gasteiger partial charge in [-0.25, -0.2) is 4.68 Å². The molecule has 0 radical (unpaired) electrons. The van der Waals surface area contributed by atoms with Crippen molar-refractivity contribution in [2.75, 3.05) is 38.0 Å². The maximum atomic E-state index is 13.1. The summed E-state index contributed by atoms with van der Waals surface area (Å²) in [6, 6.07) is 18.9. The van der Waals surface area contributed by atoms with Gasteiger partial charge in [-0.3, -0.25) is 19.4 Å². The van der Waals surface area contributed by atoms with Crippen LogP contribution in [0.25, 0.3) is 21.3 Å². The van der Waals surface area contributed by atoms with Gasteiger partial charge in [-0.05, 0) is 29.6 Å². The van der Waals surface area contributed by atoms with Crippen LogP contribution in [0.2, 0.25) is 5.02 Å². The van der Waals surface area contributed by atoms with Gasteiger partial charge in [0.25, 0.3) is 5.56 Å². The quantitative estimate of drug-likeness (QED) is 0.440. The Morgan fingerprint density at radius 2 is 1.65 bits per heavy atom. The van der Waals surface area contributed by atoms with E-state index in [1.807, 2.05) is 53.9 Å². The van der Waals surface area contributed by atoms with Crippen LogP contribution in [0.15, 0.2) is 70.8 Å². The fourth-order valence-electron chi connectivity index (χ4n) is 4.16. The van der Waals surface area contributed by atoms with Crippen molar-refractivity contribution in [3.05, 3.63) is 81.4 Å². The molecule has 7 nitrogen and oxygen atoms in total. The van der Waals surface area contributed by atoms with Crippen LogP contribution in [-0.4, -0.2) is 58.2 Å². The van der Waals surface area contributed by atoms with Crippen molar-refractivity contribution < 1.29 is 4.79 Å². The SMILES string of the molecule is O=C(CN1CCN(Cn2nc(-c3cccs3)c3ccccc3c2=O)CC1)Nc1ccccc1Cl. The molecule has 0 aliphatic carbocycles. The van der Waals surface area contributed by atoms with E-state index in [1.54, 1.807) is 28.2 Å². The number of carbonyl (C=O) groups excluding carboxylic acids is 1. The van der Waals surface area contributed by atoms with Crippen molar-refractivity contribution in [3.63, 3.8) is 0 Å². The number of benzene rings is 2. The molecule has 0 spiro atoms. The Morgan fingerprint density at radius 3 is 2.38 bits per heavy atom. The minimum Gasteiger partial charge on any atom is -0.324 e. The summed E-state index contributed by atoms with van der Waals surface area (Å²) in [6.07, 6.45) is 0. The van der Waals surface area contributed by atoms with Crippen molar-refractivity contribution in [1.29, 1.82) is 0 Å². The zero-order valence-electron chi connectivity index (χ0n) is 18.5. The van der Waals surface area contributed by atoms with Crippen molar-refractivity contribution in [2.24, 2.45) is 0 Å². The Labute approximate surface area is 206 Å². The fraction of sp³-hybridized carbons (Fsp3) is 0.240. The summed E-state index contributed by atoms with van der Waals surface area (Å²) in [5, 5.41) is 11.7. The van der Waals surface area contributed by atoms with Gasteiger partial charge in [-0.2, -0.15) is 5.10 Å². The van der Waals surface area contributed by atoms with Gasteiger partial charge in [0, 0.05) is 31.6 Å². The molecule has 0 unspecified atom stereocenters. The van der Waals surface area contributed by atoms with Crippen molar-refractivity contribution >= 4 is 45.3 Å². The van der Waals surface area contributed by atoms with E-state index >= 15 is 0 Å². The lowest BCUT2D eigenvalue weighted by molar-refractivity contribution is -0.117. The first kappa shape index (κ1) is 22.7. The summed E-state index contributed by atoms with van der Waals surface area (Å²) in [4.78, 5) is 30.9. The number of carbonyl (C=O) groups is 1. The average Bonchev–Trinajstić information content (AvgIpc) is 3.38. The first-order valence-corrected chi connectivity index (χ1v) is 12.4. The van der Waals surface area contributed by atoms with E-state index in [0.717, 1.165) is 42.1 Å². The van der Waals surface area contributed by atoms with E-state index in [-0.39, 0.29) is 11.5 Å². The lowest BCUT2D eigenvalue weighted by Crippen LogP contribution is -2.49. The number of nitrogens with zero attached hydrogens (tertiary/aromatic N) is 4. The van der Waals surface area contributed by atoms with E-state index in [2.05, 4.69) is 15.1 Å². The number of hydrogen-bond acceptors (Lipinski definition) is 6. The first-order chi connectivity index (χ1) is 16.6. The molecule has 1 saturated heterocycles. The molecule has 2 aromatic heterocycles. The molecule has 1 fully saturated rings. The zero-order chi connectivity index (χ0) is 23.5. The van der Waals surface area contributed by atoms with Gasteiger partial charge in [0.2, 0.25) is 5.91 Å². The maximum Gasteiger partial charge on any atom is 0.275 e. The molecule has 5 rings (SSSR count). The van der Waals surface area contributed by atoms with E-state index in [4.69, 9.17) is 16.7 Å². The minimum absolute atomic E-state index is 0.0857. The highest BCUT2D eigenvalue weighted by Crippen LogP contribution is 2.28. The number of thiophene rings is 1. The van der Waals surface area contributed by atoms with Crippen LogP contribution in [0.5, 0.6) is 0 Å². The number of aromatic nitrogens is 2. The van der Waals surface area contributed by atoms with Gasteiger partial charge in [-0.15, -0.1) is 11.3 Å². The number of para-hydroxylation sites is 1. The molecule has 9 heteroatoms. The van der Waals surface area contributed by atoms with Gasteiger partial charge < -0.3 is 5.32 Å². The second kappa shape index (κ2) is 10.1. The number of nitrogens with one attached hydrogen (secondary N) is 1. The Bertz CT molecular complexity index is 1360. The lowest BCUT2D eigenvalue weighted by atomic mass is 10.1. The van der Waals surface area contributed by atoms with E-state index in [9.17, 15) is 9.59 Å².